The molecule has 0 amide bonds. The highest BCUT2D eigenvalue weighted by Gasteiger charge is 2.10. The van der Waals surface area contributed by atoms with Crippen molar-refractivity contribution < 1.29 is 8.78 Å². The van der Waals surface area contributed by atoms with Crippen LogP contribution in [0.1, 0.15) is 31.4 Å². The van der Waals surface area contributed by atoms with Crippen LogP contribution in [0.4, 0.5) is 8.78 Å². The molecule has 0 aliphatic rings. The summed E-state index contributed by atoms with van der Waals surface area (Å²) in [6.07, 6.45) is 1.53. The van der Waals surface area contributed by atoms with Crippen molar-refractivity contribution >= 4 is 0 Å². The van der Waals surface area contributed by atoms with Gasteiger partial charge in [-0.05, 0) is 24.6 Å². The van der Waals surface area contributed by atoms with Crippen LogP contribution in [0.5, 0.6) is 0 Å². The average molecular weight is 185 g/mol. The lowest BCUT2D eigenvalue weighted by Crippen LogP contribution is -2.11. The molecule has 2 N–H and O–H groups in total. The molecule has 1 nitrogen and oxygen atoms in total. The zero-order valence-electron chi connectivity index (χ0n) is 7.56. The topological polar surface area (TPSA) is 26.0 Å². The largest absolute Gasteiger partial charge is 0.324 e. The standard InChI is InChI=1S/C10H13F2N/c1-2-3-10(13)8-6-7(11)4-5-9(8)12/h4-6,10H,2-3,13H2,1H3/t10-/m0/s1. The van der Waals surface area contributed by atoms with E-state index >= 15 is 0 Å². The number of hydrogen-bond acceptors (Lipinski definition) is 1. The second kappa shape index (κ2) is 4.33. The highest BCUT2D eigenvalue weighted by Crippen LogP contribution is 2.19. The predicted molar refractivity (Wildman–Crippen MR) is 48.2 cm³/mol. The van der Waals surface area contributed by atoms with Crippen molar-refractivity contribution in [1.29, 1.82) is 0 Å². The first kappa shape index (κ1) is 10.1. The van der Waals surface area contributed by atoms with Gasteiger partial charge in [0, 0.05) is 11.6 Å². The van der Waals surface area contributed by atoms with Crippen LogP contribution in [0, 0.1) is 11.6 Å². The van der Waals surface area contributed by atoms with Crippen LogP contribution in [-0.4, -0.2) is 0 Å². The maximum Gasteiger partial charge on any atom is 0.128 e. The minimum absolute atomic E-state index is 0.266. The van der Waals surface area contributed by atoms with Crippen LogP contribution < -0.4 is 5.73 Å². The van der Waals surface area contributed by atoms with Gasteiger partial charge in [0.2, 0.25) is 0 Å². The molecule has 0 aromatic heterocycles. The van der Waals surface area contributed by atoms with Crippen molar-refractivity contribution in [3.05, 3.63) is 35.4 Å². The highest BCUT2D eigenvalue weighted by molar-refractivity contribution is 5.21. The lowest BCUT2D eigenvalue weighted by Gasteiger charge is -2.11. The number of halogens is 2. The summed E-state index contributed by atoms with van der Waals surface area (Å²) in [7, 11) is 0. The molecule has 1 rings (SSSR count). The van der Waals surface area contributed by atoms with Crippen molar-refractivity contribution in [2.45, 2.75) is 25.8 Å². The maximum atomic E-state index is 13.1. The molecule has 0 radical (unpaired) electrons. The summed E-state index contributed by atoms with van der Waals surface area (Å²) in [5, 5.41) is 0. The molecule has 72 valence electrons. The zero-order valence-corrected chi connectivity index (χ0v) is 7.56. The van der Waals surface area contributed by atoms with Crippen molar-refractivity contribution in [2.24, 2.45) is 5.73 Å². The van der Waals surface area contributed by atoms with E-state index in [0.29, 0.717) is 6.42 Å². The first-order valence-electron chi connectivity index (χ1n) is 4.35. The Morgan fingerprint density at radius 1 is 1.38 bits per heavy atom. The first-order chi connectivity index (χ1) is 6.15. The van der Waals surface area contributed by atoms with Gasteiger partial charge in [0.1, 0.15) is 11.6 Å². The second-order valence-corrected chi connectivity index (χ2v) is 3.06. The number of rotatable bonds is 3. The van der Waals surface area contributed by atoms with E-state index in [1.54, 1.807) is 0 Å². The van der Waals surface area contributed by atoms with Gasteiger partial charge in [0.25, 0.3) is 0 Å². The quantitative estimate of drug-likeness (QED) is 0.769. The number of nitrogens with two attached hydrogens (primary N) is 1. The lowest BCUT2D eigenvalue weighted by atomic mass is 10.0. The van der Waals surface area contributed by atoms with E-state index in [0.717, 1.165) is 24.6 Å². The Bertz CT molecular complexity index is 286. The fourth-order valence-electron chi connectivity index (χ4n) is 1.27. The fraction of sp³-hybridized carbons (Fsp3) is 0.400. The molecule has 0 aliphatic carbocycles. The van der Waals surface area contributed by atoms with Crippen LogP contribution in [-0.2, 0) is 0 Å². The van der Waals surface area contributed by atoms with Crippen molar-refractivity contribution in [1.82, 2.24) is 0 Å². The first-order valence-corrected chi connectivity index (χ1v) is 4.35. The minimum Gasteiger partial charge on any atom is -0.324 e. The van der Waals surface area contributed by atoms with Gasteiger partial charge >= 0.3 is 0 Å². The van der Waals surface area contributed by atoms with Gasteiger partial charge in [-0.25, -0.2) is 8.78 Å². The summed E-state index contributed by atoms with van der Waals surface area (Å²) in [5.41, 5.74) is 5.93. The normalized spacial score (nSPS) is 12.9. The minimum atomic E-state index is -0.442. The van der Waals surface area contributed by atoms with Crippen LogP contribution in [0.3, 0.4) is 0 Å². The molecular weight excluding hydrogens is 172 g/mol. The molecule has 0 spiro atoms. The average Bonchev–Trinajstić information content (AvgIpc) is 2.09. The van der Waals surface area contributed by atoms with E-state index in [4.69, 9.17) is 5.73 Å². The summed E-state index contributed by atoms with van der Waals surface area (Å²) >= 11 is 0. The summed E-state index contributed by atoms with van der Waals surface area (Å²) in [5.74, 6) is -0.870. The molecular formula is C10H13F2N. The molecule has 0 aliphatic heterocycles. The molecule has 0 unspecified atom stereocenters. The Morgan fingerprint density at radius 2 is 2.08 bits per heavy atom. The molecule has 0 saturated heterocycles. The summed E-state index contributed by atoms with van der Waals surface area (Å²) in [6, 6.07) is 2.97. The third kappa shape index (κ3) is 2.49. The van der Waals surface area contributed by atoms with Crippen LogP contribution in [0.2, 0.25) is 0 Å². The third-order valence-electron chi connectivity index (χ3n) is 1.96. The number of benzene rings is 1. The molecule has 0 heterocycles. The summed E-state index contributed by atoms with van der Waals surface area (Å²) in [6.45, 7) is 1.96. The van der Waals surface area contributed by atoms with Gasteiger partial charge in [0.05, 0.1) is 0 Å². The molecule has 0 fully saturated rings. The Balaban J connectivity index is 2.91. The Labute approximate surface area is 76.6 Å². The van der Waals surface area contributed by atoms with Crippen molar-refractivity contribution in [3.8, 4) is 0 Å². The van der Waals surface area contributed by atoms with E-state index in [-0.39, 0.29) is 5.56 Å². The predicted octanol–water partition coefficient (Wildman–Crippen LogP) is 2.76. The zero-order chi connectivity index (χ0) is 9.84. The fourth-order valence-corrected chi connectivity index (χ4v) is 1.27. The van der Waals surface area contributed by atoms with Gasteiger partial charge in [0.15, 0.2) is 0 Å². The van der Waals surface area contributed by atoms with Crippen molar-refractivity contribution in [3.63, 3.8) is 0 Å². The van der Waals surface area contributed by atoms with Gasteiger partial charge in [-0.3, -0.25) is 0 Å². The molecule has 1 atom stereocenters. The SMILES string of the molecule is CCC[C@H](N)c1cc(F)ccc1F. The molecule has 3 heteroatoms. The monoisotopic (exact) mass is 185 g/mol. The van der Waals surface area contributed by atoms with E-state index in [1.165, 1.54) is 0 Å². The summed E-state index contributed by atoms with van der Waals surface area (Å²) < 4.78 is 25.8. The smallest absolute Gasteiger partial charge is 0.128 e. The van der Waals surface area contributed by atoms with Crippen LogP contribution >= 0.6 is 0 Å². The third-order valence-corrected chi connectivity index (χ3v) is 1.96. The van der Waals surface area contributed by atoms with E-state index in [1.807, 2.05) is 6.92 Å². The Kier molecular flexibility index (Phi) is 3.37. The van der Waals surface area contributed by atoms with Gasteiger partial charge in [-0.1, -0.05) is 13.3 Å². The van der Waals surface area contributed by atoms with Crippen LogP contribution in [0.15, 0.2) is 18.2 Å². The number of hydrogen-bond donors (Lipinski definition) is 1. The van der Waals surface area contributed by atoms with Gasteiger partial charge in [-0.15, -0.1) is 0 Å². The molecule has 1 aromatic carbocycles. The van der Waals surface area contributed by atoms with E-state index in [9.17, 15) is 8.78 Å². The van der Waals surface area contributed by atoms with Crippen LogP contribution in [0.25, 0.3) is 0 Å². The Hall–Kier alpha value is -0.960. The van der Waals surface area contributed by atoms with Gasteiger partial charge < -0.3 is 5.73 Å². The van der Waals surface area contributed by atoms with Crippen molar-refractivity contribution in [2.75, 3.05) is 0 Å². The van der Waals surface area contributed by atoms with Gasteiger partial charge in [-0.2, -0.15) is 0 Å². The van der Waals surface area contributed by atoms with E-state index in [2.05, 4.69) is 0 Å². The lowest BCUT2D eigenvalue weighted by molar-refractivity contribution is 0.545. The summed E-state index contributed by atoms with van der Waals surface area (Å²) in [4.78, 5) is 0. The highest BCUT2D eigenvalue weighted by atomic mass is 19.1. The molecule has 0 bridgehead atoms. The second-order valence-electron chi connectivity index (χ2n) is 3.06. The molecule has 1 aromatic rings. The maximum absolute atomic E-state index is 13.1. The Morgan fingerprint density at radius 3 is 2.69 bits per heavy atom. The molecule has 0 saturated carbocycles. The molecule has 13 heavy (non-hydrogen) atoms. The van der Waals surface area contributed by atoms with E-state index < -0.39 is 17.7 Å².